The number of imidazole rings is 1. The molecule has 3 fully saturated rings. The second-order valence-corrected chi connectivity index (χ2v) is 11.7. The Morgan fingerprint density at radius 3 is 2.47 bits per heavy atom. The molecule has 212 valence electrons. The van der Waals surface area contributed by atoms with Gasteiger partial charge in [0, 0.05) is 37.8 Å². The minimum atomic E-state index is -0.0556. The molecule has 5 rings (SSSR count). The highest BCUT2D eigenvalue weighted by atomic mass is 16.5. The summed E-state index contributed by atoms with van der Waals surface area (Å²) in [7, 11) is 0. The van der Waals surface area contributed by atoms with Crippen LogP contribution in [0.25, 0.3) is 11.2 Å². The van der Waals surface area contributed by atoms with Crippen LogP contribution in [0, 0.1) is 0 Å². The zero-order valence-corrected chi connectivity index (χ0v) is 23.8. The van der Waals surface area contributed by atoms with E-state index in [1.54, 1.807) is 0 Å². The van der Waals surface area contributed by atoms with E-state index in [9.17, 15) is 0 Å². The molecule has 1 aliphatic heterocycles. The molecule has 2 aliphatic carbocycles. The lowest BCUT2D eigenvalue weighted by molar-refractivity contribution is -0.000729. The Hall–Kier alpha value is -1.97. The summed E-state index contributed by atoms with van der Waals surface area (Å²) >= 11 is 0. The Bertz CT molecular complexity index is 992. The number of aromatic nitrogens is 4. The van der Waals surface area contributed by atoms with Crippen LogP contribution in [-0.2, 0) is 4.74 Å². The molecule has 2 aromatic rings. The Morgan fingerprint density at radius 2 is 1.76 bits per heavy atom. The number of anilines is 2. The summed E-state index contributed by atoms with van der Waals surface area (Å²) in [5.41, 5.74) is 8.06. The lowest BCUT2D eigenvalue weighted by Crippen LogP contribution is -2.53. The van der Waals surface area contributed by atoms with Crippen molar-refractivity contribution in [3.8, 4) is 0 Å². The van der Waals surface area contributed by atoms with Gasteiger partial charge in [-0.3, -0.25) is 5.01 Å². The SMILES string of the molecule is CCCCOC(CCC)N(c1nc(NC2CCC(N)CC2)nc2c1ncn2C1CCCC1)N1CCCCC1. The summed E-state index contributed by atoms with van der Waals surface area (Å²) in [4.78, 5) is 15.3. The summed E-state index contributed by atoms with van der Waals surface area (Å²) in [6.45, 7) is 7.28. The van der Waals surface area contributed by atoms with Crippen molar-refractivity contribution in [2.24, 2.45) is 5.73 Å². The second-order valence-electron chi connectivity index (χ2n) is 11.7. The maximum Gasteiger partial charge on any atom is 0.227 e. The number of piperidine rings is 1. The third-order valence-corrected chi connectivity index (χ3v) is 8.70. The first-order valence-corrected chi connectivity index (χ1v) is 15.6. The fourth-order valence-corrected chi connectivity index (χ4v) is 6.45. The highest BCUT2D eigenvalue weighted by Gasteiger charge is 2.32. The van der Waals surface area contributed by atoms with Gasteiger partial charge in [0.1, 0.15) is 6.23 Å². The van der Waals surface area contributed by atoms with Gasteiger partial charge in [-0.1, -0.05) is 46.0 Å². The summed E-state index contributed by atoms with van der Waals surface area (Å²) < 4.78 is 8.93. The smallest absolute Gasteiger partial charge is 0.227 e. The summed E-state index contributed by atoms with van der Waals surface area (Å²) in [6, 6.07) is 1.15. The number of nitrogens with one attached hydrogen (secondary N) is 1. The highest BCUT2D eigenvalue weighted by Crippen LogP contribution is 2.36. The minimum Gasteiger partial charge on any atom is -0.357 e. The van der Waals surface area contributed by atoms with Gasteiger partial charge in [-0.15, -0.1) is 0 Å². The zero-order chi connectivity index (χ0) is 26.3. The predicted molar refractivity (Wildman–Crippen MR) is 154 cm³/mol. The van der Waals surface area contributed by atoms with E-state index in [2.05, 4.69) is 33.7 Å². The third kappa shape index (κ3) is 6.42. The van der Waals surface area contributed by atoms with Crippen molar-refractivity contribution in [1.29, 1.82) is 0 Å². The van der Waals surface area contributed by atoms with E-state index in [0.29, 0.717) is 18.1 Å². The molecule has 3 heterocycles. The molecule has 0 spiro atoms. The van der Waals surface area contributed by atoms with Gasteiger partial charge in [0.25, 0.3) is 0 Å². The minimum absolute atomic E-state index is 0.0556. The molecule has 0 bridgehead atoms. The average molecular weight is 527 g/mol. The van der Waals surface area contributed by atoms with Gasteiger partial charge in [-0.25, -0.2) is 9.99 Å². The number of nitrogens with two attached hydrogens (primary N) is 1. The van der Waals surface area contributed by atoms with Gasteiger partial charge in [-0.2, -0.15) is 9.97 Å². The van der Waals surface area contributed by atoms with Crippen molar-refractivity contribution in [3.63, 3.8) is 0 Å². The molecule has 1 unspecified atom stereocenters. The lowest BCUT2D eigenvalue weighted by atomic mass is 9.92. The standard InChI is InChI=1S/C29H50N8O/c1-3-5-20-38-25(11-4-2)37(35-18-9-6-10-19-35)28-26-27(36(21-31-26)24-12-7-8-13-24)33-29(34-28)32-23-16-14-22(30)15-17-23/h21-25H,3-20,30H2,1-2H3,(H,32,33,34). The van der Waals surface area contributed by atoms with Crippen molar-refractivity contribution in [2.45, 2.75) is 135 Å². The molecule has 0 aromatic carbocycles. The summed E-state index contributed by atoms with van der Waals surface area (Å²) in [5, 5.41) is 8.57. The quantitative estimate of drug-likeness (QED) is 0.266. The van der Waals surface area contributed by atoms with Crippen molar-refractivity contribution < 1.29 is 4.74 Å². The monoisotopic (exact) mass is 526 g/mol. The number of hydrogen-bond donors (Lipinski definition) is 2. The number of hydrogen-bond acceptors (Lipinski definition) is 8. The maximum absolute atomic E-state index is 6.60. The fourth-order valence-electron chi connectivity index (χ4n) is 6.45. The molecule has 2 saturated carbocycles. The fraction of sp³-hybridized carbons (Fsp3) is 0.828. The summed E-state index contributed by atoms with van der Waals surface area (Å²) in [6.07, 6.45) is 19.0. The number of ether oxygens (including phenoxy) is 1. The maximum atomic E-state index is 6.60. The lowest BCUT2D eigenvalue weighted by Gasteiger charge is -2.42. The van der Waals surface area contributed by atoms with E-state index in [4.69, 9.17) is 25.4 Å². The molecular formula is C29H50N8O. The van der Waals surface area contributed by atoms with E-state index >= 15 is 0 Å². The van der Waals surface area contributed by atoms with Crippen LogP contribution in [0.15, 0.2) is 6.33 Å². The van der Waals surface area contributed by atoms with E-state index in [1.807, 2.05) is 6.33 Å². The van der Waals surface area contributed by atoms with E-state index in [1.165, 1.54) is 44.9 Å². The first-order valence-electron chi connectivity index (χ1n) is 15.6. The first kappa shape index (κ1) is 27.6. The van der Waals surface area contributed by atoms with Crippen LogP contribution in [0.4, 0.5) is 11.8 Å². The molecule has 2 aromatic heterocycles. The normalized spacial score (nSPS) is 24.2. The van der Waals surface area contributed by atoms with Crippen LogP contribution in [0.5, 0.6) is 0 Å². The molecule has 1 saturated heterocycles. The topological polar surface area (TPSA) is 97.4 Å². The molecular weight excluding hydrogens is 476 g/mol. The Morgan fingerprint density at radius 1 is 1.00 bits per heavy atom. The number of hydrazine groups is 1. The van der Waals surface area contributed by atoms with E-state index < -0.39 is 0 Å². The number of unbranched alkanes of at least 4 members (excludes halogenated alkanes) is 1. The van der Waals surface area contributed by atoms with Crippen molar-refractivity contribution in [1.82, 2.24) is 24.5 Å². The van der Waals surface area contributed by atoms with Crippen LogP contribution in [0.1, 0.15) is 116 Å². The van der Waals surface area contributed by atoms with Crippen molar-refractivity contribution in [2.75, 3.05) is 30.0 Å². The largest absolute Gasteiger partial charge is 0.357 e. The van der Waals surface area contributed by atoms with Gasteiger partial charge in [0.2, 0.25) is 5.95 Å². The second kappa shape index (κ2) is 13.4. The Kier molecular flexibility index (Phi) is 9.73. The van der Waals surface area contributed by atoms with Gasteiger partial charge in [-0.05, 0) is 64.2 Å². The first-order chi connectivity index (χ1) is 18.7. The molecule has 9 heteroatoms. The molecule has 3 aliphatic rings. The highest BCUT2D eigenvalue weighted by molar-refractivity contribution is 5.85. The third-order valence-electron chi connectivity index (χ3n) is 8.70. The van der Waals surface area contributed by atoms with Gasteiger partial charge in [0.05, 0.1) is 6.33 Å². The number of fused-ring (bicyclic) bond motifs is 1. The van der Waals surface area contributed by atoms with Crippen LogP contribution >= 0.6 is 0 Å². The summed E-state index contributed by atoms with van der Waals surface area (Å²) in [5.74, 6) is 1.62. The molecule has 9 nitrogen and oxygen atoms in total. The van der Waals surface area contributed by atoms with Gasteiger partial charge < -0.3 is 20.4 Å². The molecule has 0 radical (unpaired) electrons. The predicted octanol–water partition coefficient (Wildman–Crippen LogP) is 5.77. The van der Waals surface area contributed by atoms with Gasteiger partial charge in [0.15, 0.2) is 17.0 Å². The average Bonchev–Trinajstić information content (AvgIpc) is 3.61. The van der Waals surface area contributed by atoms with E-state index in [0.717, 1.165) is 94.0 Å². The molecule has 38 heavy (non-hydrogen) atoms. The van der Waals surface area contributed by atoms with Crippen molar-refractivity contribution in [3.05, 3.63) is 6.33 Å². The molecule has 1 atom stereocenters. The van der Waals surface area contributed by atoms with Crippen molar-refractivity contribution >= 4 is 22.9 Å². The molecule has 0 amide bonds. The van der Waals surface area contributed by atoms with Crippen LogP contribution in [0.2, 0.25) is 0 Å². The Labute approximate surface area is 228 Å². The van der Waals surface area contributed by atoms with Crippen LogP contribution in [0.3, 0.4) is 0 Å². The number of nitrogens with zero attached hydrogens (tertiary/aromatic N) is 6. The van der Waals surface area contributed by atoms with Crippen LogP contribution in [-0.4, -0.2) is 62.5 Å². The zero-order valence-electron chi connectivity index (χ0n) is 23.8. The van der Waals surface area contributed by atoms with Crippen LogP contribution < -0.4 is 16.1 Å². The van der Waals surface area contributed by atoms with Gasteiger partial charge >= 0.3 is 0 Å². The molecule has 3 N–H and O–H groups in total. The van der Waals surface area contributed by atoms with E-state index in [-0.39, 0.29) is 6.23 Å². The number of rotatable bonds is 12. The Balaban J connectivity index is 1.56.